The molecule has 3 N–H and O–H groups in total. The summed E-state index contributed by atoms with van der Waals surface area (Å²) in [5, 5.41) is 28.9. The van der Waals surface area contributed by atoms with Crippen molar-refractivity contribution in [2.24, 2.45) is 5.92 Å². The zero-order valence-electron chi connectivity index (χ0n) is 11.2. The molecule has 0 aromatic carbocycles. The maximum Gasteiger partial charge on any atom is 0.509 e. The van der Waals surface area contributed by atoms with Gasteiger partial charge in [-0.2, -0.15) is 0 Å². The molecular formula is C12H22O6. The van der Waals surface area contributed by atoms with Gasteiger partial charge in [0.15, 0.2) is 0 Å². The highest BCUT2D eigenvalue weighted by Gasteiger charge is 2.43. The Labute approximate surface area is 107 Å². The van der Waals surface area contributed by atoms with E-state index in [0.717, 1.165) is 0 Å². The van der Waals surface area contributed by atoms with Crippen molar-refractivity contribution in [3.63, 3.8) is 0 Å². The fraction of sp³-hybridized carbons (Fsp3) is 0.917. The Morgan fingerprint density at radius 1 is 1.11 bits per heavy atom. The smallest absolute Gasteiger partial charge is 0.429 e. The van der Waals surface area contributed by atoms with E-state index < -0.39 is 36.2 Å². The number of rotatable bonds is 1. The van der Waals surface area contributed by atoms with Crippen LogP contribution >= 0.6 is 0 Å². The summed E-state index contributed by atoms with van der Waals surface area (Å²) in [6.45, 7) is 6.82. The highest BCUT2D eigenvalue weighted by Crippen LogP contribution is 2.28. The first kappa shape index (κ1) is 15.2. The average molecular weight is 262 g/mol. The van der Waals surface area contributed by atoms with Crippen molar-refractivity contribution >= 4 is 6.16 Å². The molecule has 0 unspecified atom stereocenters. The monoisotopic (exact) mass is 262 g/mol. The van der Waals surface area contributed by atoms with E-state index in [1.165, 1.54) is 0 Å². The third-order valence-electron chi connectivity index (χ3n) is 2.90. The van der Waals surface area contributed by atoms with E-state index in [-0.39, 0.29) is 12.3 Å². The molecule has 6 heteroatoms. The minimum atomic E-state index is -1.32. The first-order valence-corrected chi connectivity index (χ1v) is 6.05. The second-order valence-corrected chi connectivity index (χ2v) is 5.81. The van der Waals surface area contributed by atoms with Crippen molar-refractivity contribution in [1.82, 2.24) is 0 Å². The van der Waals surface area contributed by atoms with Crippen LogP contribution in [-0.4, -0.2) is 51.5 Å². The van der Waals surface area contributed by atoms with Crippen molar-refractivity contribution < 1.29 is 29.6 Å². The molecule has 0 amide bonds. The van der Waals surface area contributed by atoms with Gasteiger partial charge in [-0.1, -0.05) is 6.92 Å². The van der Waals surface area contributed by atoms with Crippen LogP contribution in [0.2, 0.25) is 0 Å². The van der Waals surface area contributed by atoms with Crippen LogP contribution in [0.5, 0.6) is 0 Å². The van der Waals surface area contributed by atoms with Gasteiger partial charge < -0.3 is 24.8 Å². The van der Waals surface area contributed by atoms with Gasteiger partial charge in [0.05, 0.1) is 6.10 Å². The van der Waals surface area contributed by atoms with Gasteiger partial charge >= 0.3 is 6.16 Å². The van der Waals surface area contributed by atoms with E-state index >= 15 is 0 Å². The van der Waals surface area contributed by atoms with Crippen molar-refractivity contribution in [3.8, 4) is 0 Å². The number of carbonyl (C=O) groups is 1. The number of aliphatic hydroxyl groups excluding tert-OH is 3. The van der Waals surface area contributed by atoms with Crippen molar-refractivity contribution in [3.05, 3.63) is 0 Å². The van der Waals surface area contributed by atoms with E-state index in [4.69, 9.17) is 9.47 Å². The molecule has 0 heterocycles. The predicted octanol–water partition coefficient (Wildman–Crippen LogP) is 0.429. The molecule has 6 nitrogen and oxygen atoms in total. The number of carbonyl (C=O) groups excluding carboxylic acids is 1. The lowest BCUT2D eigenvalue weighted by atomic mass is 9.82. The van der Waals surface area contributed by atoms with E-state index in [1.807, 2.05) is 0 Å². The van der Waals surface area contributed by atoms with Gasteiger partial charge in [0.2, 0.25) is 0 Å². The van der Waals surface area contributed by atoms with Gasteiger partial charge in [0.25, 0.3) is 0 Å². The summed E-state index contributed by atoms with van der Waals surface area (Å²) in [6.07, 6.45) is -5.11. The fourth-order valence-electron chi connectivity index (χ4n) is 1.92. The molecule has 0 aromatic heterocycles. The minimum Gasteiger partial charge on any atom is -0.429 e. The molecule has 18 heavy (non-hydrogen) atoms. The molecule has 5 atom stereocenters. The summed E-state index contributed by atoms with van der Waals surface area (Å²) < 4.78 is 9.96. The lowest BCUT2D eigenvalue weighted by Crippen LogP contribution is -2.54. The number of ether oxygens (including phenoxy) is 2. The molecule has 1 aliphatic rings. The summed E-state index contributed by atoms with van der Waals surface area (Å²) in [6, 6.07) is 0. The highest BCUT2D eigenvalue weighted by atomic mass is 16.7. The first-order chi connectivity index (χ1) is 8.11. The molecular weight excluding hydrogens is 240 g/mol. The van der Waals surface area contributed by atoms with Gasteiger partial charge in [-0.05, 0) is 33.1 Å². The van der Waals surface area contributed by atoms with Gasteiger partial charge in [0, 0.05) is 0 Å². The molecule has 0 aromatic rings. The van der Waals surface area contributed by atoms with E-state index in [0.29, 0.717) is 0 Å². The SMILES string of the molecule is C[C@H]1C[C@H](OC(=O)OC(C)(C)C)[C@@H](O)[C@@H](O)[C@@H]1O. The second-order valence-electron chi connectivity index (χ2n) is 5.81. The maximum absolute atomic E-state index is 11.5. The summed E-state index contributed by atoms with van der Waals surface area (Å²) in [5.41, 5.74) is -0.680. The Morgan fingerprint density at radius 2 is 1.67 bits per heavy atom. The largest absolute Gasteiger partial charge is 0.509 e. The maximum atomic E-state index is 11.5. The normalized spacial score (nSPS) is 37.2. The molecule has 1 rings (SSSR count). The average Bonchev–Trinajstić information content (AvgIpc) is 2.20. The quantitative estimate of drug-likeness (QED) is 0.593. The fourth-order valence-corrected chi connectivity index (χ4v) is 1.92. The summed E-state index contributed by atoms with van der Waals surface area (Å²) in [5.74, 6) is -0.268. The molecule has 0 spiro atoms. The zero-order valence-corrected chi connectivity index (χ0v) is 11.2. The van der Waals surface area contributed by atoms with Crippen LogP contribution < -0.4 is 0 Å². The molecule has 0 bridgehead atoms. The third kappa shape index (κ3) is 3.83. The van der Waals surface area contributed by atoms with Gasteiger partial charge in [-0.3, -0.25) is 0 Å². The molecule has 1 aliphatic carbocycles. The lowest BCUT2D eigenvalue weighted by molar-refractivity contribution is -0.164. The summed E-state index contributed by atoms with van der Waals surface area (Å²) in [7, 11) is 0. The molecule has 0 radical (unpaired) electrons. The van der Waals surface area contributed by atoms with Crippen molar-refractivity contribution in [2.75, 3.05) is 0 Å². The van der Waals surface area contributed by atoms with Crippen molar-refractivity contribution in [1.29, 1.82) is 0 Å². The topological polar surface area (TPSA) is 96.2 Å². The van der Waals surface area contributed by atoms with Crippen LogP contribution in [-0.2, 0) is 9.47 Å². The van der Waals surface area contributed by atoms with Gasteiger partial charge in [-0.15, -0.1) is 0 Å². The van der Waals surface area contributed by atoms with Crippen LogP contribution in [0.15, 0.2) is 0 Å². The number of aliphatic hydroxyl groups is 3. The molecule has 0 saturated heterocycles. The van der Waals surface area contributed by atoms with Gasteiger partial charge in [0.1, 0.15) is 23.9 Å². The van der Waals surface area contributed by atoms with Gasteiger partial charge in [-0.25, -0.2) is 4.79 Å². The van der Waals surface area contributed by atoms with Crippen molar-refractivity contribution in [2.45, 2.75) is 64.1 Å². The Morgan fingerprint density at radius 3 is 2.17 bits per heavy atom. The molecule has 1 fully saturated rings. The van der Waals surface area contributed by atoms with E-state index in [9.17, 15) is 20.1 Å². The van der Waals surface area contributed by atoms with Crippen LogP contribution in [0, 0.1) is 5.92 Å². The van der Waals surface area contributed by atoms with Crippen LogP contribution in [0.25, 0.3) is 0 Å². The highest BCUT2D eigenvalue weighted by molar-refractivity contribution is 5.60. The Bertz CT molecular complexity index is 297. The lowest BCUT2D eigenvalue weighted by Gasteiger charge is -2.38. The Balaban J connectivity index is 2.59. The third-order valence-corrected chi connectivity index (χ3v) is 2.90. The summed E-state index contributed by atoms with van der Waals surface area (Å²) in [4.78, 5) is 11.5. The Hall–Kier alpha value is -0.850. The molecule has 106 valence electrons. The Kier molecular flexibility index (Phi) is 4.58. The second kappa shape index (κ2) is 5.42. The summed E-state index contributed by atoms with van der Waals surface area (Å²) >= 11 is 0. The zero-order chi connectivity index (χ0) is 14.1. The molecule has 0 aliphatic heterocycles. The minimum absolute atomic E-state index is 0.268. The first-order valence-electron chi connectivity index (χ1n) is 6.05. The van der Waals surface area contributed by atoms with E-state index in [2.05, 4.69) is 0 Å². The van der Waals surface area contributed by atoms with Crippen LogP contribution in [0.1, 0.15) is 34.1 Å². The standard InChI is InChI=1S/C12H22O6/c1-6-5-7(9(14)10(15)8(6)13)17-11(16)18-12(2,3)4/h6-10,13-15H,5H2,1-4H3/t6-,7-,8+,9+,10-/m0/s1. The van der Waals surface area contributed by atoms with E-state index in [1.54, 1.807) is 27.7 Å². The number of hydrogen-bond donors (Lipinski definition) is 3. The van der Waals surface area contributed by atoms with Crippen LogP contribution in [0.4, 0.5) is 4.79 Å². The van der Waals surface area contributed by atoms with Crippen LogP contribution in [0.3, 0.4) is 0 Å². The predicted molar refractivity (Wildman–Crippen MR) is 62.9 cm³/mol. The number of hydrogen-bond acceptors (Lipinski definition) is 6. The molecule has 1 saturated carbocycles.